The number of nitrogens with zero attached hydrogens (tertiary/aromatic N) is 2. The van der Waals surface area contributed by atoms with E-state index in [2.05, 4.69) is 11.2 Å². The Morgan fingerprint density at radius 2 is 1.96 bits per heavy atom. The number of aryl methyl sites for hydroxylation is 1. The Bertz CT molecular complexity index is 1070. The number of terminal acetylenes is 1. The van der Waals surface area contributed by atoms with E-state index in [-0.39, 0.29) is 5.57 Å². The third kappa shape index (κ3) is 3.50. The number of nitriles is 1. The van der Waals surface area contributed by atoms with E-state index in [0.717, 1.165) is 22.0 Å². The zero-order chi connectivity index (χ0) is 18.5. The van der Waals surface area contributed by atoms with Gasteiger partial charge in [-0.3, -0.25) is 4.79 Å². The number of amides is 1. The van der Waals surface area contributed by atoms with Crippen molar-refractivity contribution in [2.75, 3.05) is 5.32 Å². The maximum atomic E-state index is 12.5. The second kappa shape index (κ2) is 7.42. The molecule has 126 valence electrons. The monoisotopic (exact) mass is 339 g/mol. The van der Waals surface area contributed by atoms with Gasteiger partial charge in [-0.1, -0.05) is 41.8 Å². The summed E-state index contributed by atoms with van der Waals surface area (Å²) in [7, 11) is 0. The van der Waals surface area contributed by atoms with Crippen LogP contribution in [0.4, 0.5) is 5.69 Å². The quantitative estimate of drug-likeness (QED) is 0.441. The molecule has 0 spiro atoms. The van der Waals surface area contributed by atoms with Crippen LogP contribution in [-0.2, 0) is 11.3 Å². The predicted octanol–water partition coefficient (Wildman–Crippen LogP) is 4.13. The zero-order valence-corrected chi connectivity index (χ0v) is 14.4. The number of fused-ring (bicyclic) bond motifs is 1. The normalized spacial score (nSPS) is 11.0. The number of para-hydroxylation sites is 1. The molecule has 1 aromatic heterocycles. The Kier molecular flexibility index (Phi) is 4.87. The lowest BCUT2D eigenvalue weighted by Gasteiger charge is -2.04. The molecule has 2 aromatic carbocycles. The zero-order valence-electron chi connectivity index (χ0n) is 14.4. The van der Waals surface area contributed by atoms with Crippen LogP contribution in [0.25, 0.3) is 17.0 Å². The average Bonchev–Trinajstić information content (AvgIpc) is 2.99. The molecule has 0 fully saturated rings. The Morgan fingerprint density at radius 3 is 2.65 bits per heavy atom. The summed E-state index contributed by atoms with van der Waals surface area (Å²) in [5, 5.41) is 13.1. The molecule has 4 nitrogen and oxygen atoms in total. The van der Waals surface area contributed by atoms with Crippen molar-refractivity contribution in [3.8, 4) is 18.4 Å². The third-order valence-electron chi connectivity index (χ3n) is 4.06. The van der Waals surface area contributed by atoms with Gasteiger partial charge in [0.05, 0.1) is 6.54 Å². The SMILES string of the molecule is C#CCn1cc(/C=C(\C#N)C(=O)Nc2ccc(C)cc2)c2ccccc21. The Labute approximate surface area is 152 Å². The first-order valence-electron chi connectivity index (χ1n) is 8.13. The molecule has 4 heteroatoms. The molecule has 0 saturated carbocycles. The molecule has 26 heavy (non-hydrogen) atoms. The summed E-state index contributed by atoms with van der Waals surface area (Å²) in [6, 6.07) is 17.2. The summed E-state index contributed by atoms with van der Waals surface area (Å²) >= 11 is 0. The number of carbonyl (C=O) groups is 1. The number of hydrogen-bond donors (Lipinski definition) is 1. The molecule has 0 bridgehead atoms. The van der Waals surface area contributed by atoms with E-state index in [1.54, 1.807) is 18.2 Å². The fourth-order valence-corrected chi connectivity index (χ4v) is 2.76. The lowest BCUT2D eigenvalue weighted by molar-refractivity contribution is -0.112. The van der Waals surface area contributed by atoms with Gasteiger partial charge in [0, 0.05) is 28.4 Å². The topological polar surface area (TPSA) is 57.8 Å². The van der Waals surface area contributed by atoms with Crippen LogP contribution in [0.1, 0.15) is 11.1 Å². The maximum Gasteiger partial charge on any atom is 0.266 e. The predicted molar refractivity (Wildman–Crippen MR) is 104 cm³/mol. The van der Waals surface area contributed by atoms with E-state index < -0.39 is 5.91 Å². The highest BCUT2D eigenvalue weighted by atomic mass is 16.1. The molecule has 1 amide bonds. The molecular formula is C22H17N3O. The second-order valence-electron chi connectivity index (χ2n) is 5.92. The molecule has 0 aliphatic heterocycles. The molecule has 1 N–H and O–H groups in total. The van der Waals surface area contributed by atoms with E-state index in [1.165, 1.54) is 0 Å². The highest BCUT2D eigenvalue weighted by molar-refractivity contribution is 6.10. The lowest BCUT2D eigenvalue weighted by atomic mass is 10.1. The lowest BCUT2D eigenvalue weighted by Crippen LogP contribution is -2.13. The minimum Gasteiger partial charge on any atom is -0.335 e. The van der Waals surface area contributed by atoms with Crippen molar-refractivity contribution in [3.05, 3.63) is 71.4 Å². The Hall–Kier alpha value is -3.76. The number of carbonyl (C=O) groups excluding carboxylic acids is 1. The van der Waals surface area contributed by atoms with E-state index >= 15 is 0 Å². The fourth-order valence-electron chi connectivity index (χ4n) is 2.76. The smallest absolute Gasteiger partial charge is 0.266 e. The van der Waals surface area contributed by atoms with Gasteiger partial charge in [-0.15, -0.1) is 6.42 Å². The van der Waals surface area contributed by atoms with Crippen LogP contribution in [0.15, 0.2) is 60.3 Å². The van der Waals surface area contributed by atoms with E-state index in [4.69, 9.17) is 6.42 Å². The molecule has 0 atom stereocenters. The minimum absolute atomic E-state index is 0.0363. The van der Waals surface area contributed by atoms with Crippen LogP contribution in [-0.4, -0.2) is 10.5 Å². The molecule has 3 rings (SSSR count). The van der Waals surface area contributed by atoms with Gasteiger partial charge in [0.25, 0.3) is 5.91 Å². The van der Waals surface area contributed by atoms with Gasteiger partial charge < -0.3 is 9.88 Å². The molecule has 0 radical (unpaired) electrons. The summed E-state index contributed by atoms with van der Waals surface area (Å²) in [5.41, 5.74) is 3.53. The van der Waals surface area contributed by atoms with Gasteiger partial charge in [-0.2, -0.15) is 5.26 Å². The summed E-state index contributed by atoms with van der Waals surface area (Å²) in [6.07, 6.45) is 8.89. The summed E-state index contributed by atoms with van der Waals surface area (Å²) in [4.78, 5) is 12.5. The maximum absolute atomic E-state index is 12.5. The first-order valence-corrected chi connectivity index (χ1v) is 8.13. The molecule has 3 aromatic rings. The van der Waals surface area contributed by atoms with Gasteiger partial charge in [0.2, 0.25) is 0 Å². The van der Waals surface area contributed by atoms with Crippen LogP contribution < -0.4 is 5.32 Å². The van der Waals surface area contributed by atoms with Gasteiger partial charge >= 0.3 is 0 Å². The van der Waals surface area contributed by atoms with Gasteiger partial charge in [-0.25, -0.2) is 0 Å². The van der Waals surface area contributed by atoms with E-state index in [1.807, 2.05) is 60.2 Å². The van der Waals surface area contributed by atoms with Crippen molar-refractivity contribution in [2.45, 2.75) is 13.5 Å². The first-order chi connectivity index (χ1) is 12.6. The molecule has 0 unspecified atom stereocenters. The van der Waals surface area contributed by atoms with Crippen molar-refractivity contribution in [1.29, 1.82) is 5.26 Å². The van der Waals surface area contributed by atoms with Crippen LogP contribution in [0, 0.1) is 30.6 Å². The van der Waals surface area contributed by atoms with Crippen molar-refractivity contribution in [3.63, 3.8) is 0 Å². The Morgan fingerprint density at radius 1 is 1.23 bits per heavy atom. The largest absolute Gasteiger partial charge is 0.335 e. The van der Waals surface area contributed by atoms with Crippen molar-refractivity contribution in [1.82, 2.24) is 4.57 Å². The van der Waals surface area contributed by atoms with Crippen molar-refractivity contribution in [2.24, 2.45) is 0 Å². The second-order valence-corrected chi connectivity index (χ2v) is 5.92. The van der Waals surface area contributed by atoms with Crippen LogP contribution >= 0.6 is 0 Å². The van der Waals surface area contributed by atoms with Crippen molar-refractivity contribution >= 4 is 28.6 Å². The van der Waals surface area contributed by atoms with Gasteiger partial charge in [0.1, 0.15) is 11.6 Å². The van der Waals surface area contributed by atoms with E-state index in [0.29, 0.717) is 12.2 Å². The van der Waals surface area contributed by atoms with Gasteiger partial charge in [-0.05, 0) is 31.2 Å². The molecule has 1 heterocycles. The fraction of sp³-hybridized carbons (Fsp3) is 0.0909. The van der Waals surface area contributed by atoms with Crippen LogP contribution in [0.5, 0.6) is 0 Å². The van der Waals surface area contributed by atoms with Crippen LogP contribution in [0.3, 0.4) is 0 Å². The third-order valence-corrected chi connectivity index (χ3v) is 4.06. The van der Waals surface area contributed by atoms with Crippen LogP contribution in [0.2, 0.25) is 0 Å². The highest BCUT2D eigenvalue weighted by Crippen LogP contribution is 2.24. The number of nitrogens with one attached hydrogen (secondary N) is 1. The molecule has 0 aliphatic carbocycles. The summed E-state index contributed by atoms with van der Waals surface area (Å²) < 4.78 is 1.92. The number of aromatic nitrogens is 1. The number of rotatable bonds is 4. The number of hydrogen-bond acceptors (Lipinski definition) is 2. The minimum atomic E-state index is -0.440. The Balaban J connectivity index is 1.95. The van der Waals surface area contributed by atoms with Gasteiger partial charge in [0.15, 0.2) is 0 Å². The summed E-state index contributed by atoms with van der Waals surface area (Å²) in [6.45, 7) is 2.39. The van der Waals surface area contributed by atoms with E-state index in [9.17, 15) is 10.1 Å². The standard InChI is InChI=1S/C22H17N3O/c1-3-12-25-15-18(20-6-4-5-7-21(20)25)13-17(14-23)22(26)24-19-10-8-16(2)9-11-19/h1,4-11,13,15H,12H2,2H3,(H,24,26)/b17-13+. The highest BCUT2D eigenvalue weighted by Gasteiger charge is 2.12. The summed E-state index contributed by atoms with van der Waals surface area (Å²) in [5.74, 6) is 2.18. The number of benzene rings is 2. The molecular weight excluding hydrogens is 322 g/mol. The van der Waals surface area contributed by atoms with Crippen molar-refractivity contribution < 1.29 is 4.79 Å². The first kappa shape index (κ1) is 17.1. The average molecular weight is 339 g/mol. The molecule has 0 saturated heterocycles. The molecule has 0 aliphatic rings. The number of anilines is 1.